The molecule has 0 aliphatic rings. The van der Waals surface area contributed by atoms with Gasteiger partial charge in [-0.1, -0.05) is 12.2 Å². The normalized spacial score (nSPS) is 10.2. The molecule has 0 atom stereocenters. The maximum Gasteiger partial charge on any atom is 0.335 e. The van der Waals surface area contributed by atoms with Crippen LogP contribution in [0, 0.1) is 10.5 Å². The molecule has 1 aromatic heterocycles. The maximum absolute atomic E-state index is 13.3. The summed E-state index contributed by atoms with van der Waals surface area (Å²) in [7, 11) is 0. The average molecular weight is 250 g/mol. The van der Waals surface area contributed by atoms with Crippen molar-refractivity contribution < 1.29 is 14.3 Å². The van der Waals surface area contributed by atoms with Gasteiger partial charge in [0.2, 0.25) is 0 Å². The molecule has 17 heavy (non-hydrogen) atoms. The summed E-state index contributed by atoms with van der Waals surface area (Å²) in [4.78, 5) is 17.3. The number of rotatable bonds is 2. The van der Waals surface area contributed by atoms with Crippen LogP contribution in [0.1, 0.15) is 10.4 Å². The molecule has 0 saturated heterocycles. The zero-order chi connectivity index (χ0) is 12.4. The van der Waals surface area contributed by atoms with Gasteiger partial charge < -0.3 is 10.1 Å². The van der Waals surface area contributed by atoms with Gasteiger partial charge in [-0.2, -0.15) is 0 Å². The molecule has 1 heterocycles. The fourth-order valence-corrected chi connectivity index (χ4v) is 1.64. The SMILES string of the molecule is O=C(O)c1cc(F)cc(-c2cnc[nH]c2=S)c1. The first-order valence-electron chi connectivity index (χ1n) is 4.65. The van der Waals surface area contributed by atoms with Crippen LogP contribution in [0.2, 0.25) is 0 Å². The molecule has 1 aromatic carbocycles. The summed E-state index contributed by atoms with van der Waals surface area (Å²) in [6, 6.07) is 3.52. The third-order valence-corrected chi connectivity index (χ3v) is 2.51. The van der Waals surface area contributed by atoms with Gasteiger partial charge in [0, 0.05) is 11.8 Å². The van der Waals surface area contributed by atoms with Gasteiger partial charge in [-0.25, -0.2) is 14.2 Å². The Labute approximate surface area is 101 Å². The number of aromatic nitrogens is 2. The second-order valence-corrected chi connectivity index (χ2v) is 3.74. The van der Waals surface area contributed by atoms with E-state index < -0.39 is 11.8 Å². The molecule has 6 heteroatoms. The van der Waals surface area contributed by atoms with E-state index in [0.29, 0.717) is 15.8 Å². The largest absolute Gasteiger partial charge is 0.478 e. The zero-order valence-corrected chi connectivity index (χ0v) is 9.29. The van der Waals surface area contributed by atoms with E-state index in [2.05, 4.69) is 9.97 Å². The van der Waals surface area contributed by atoms with Crippen LogP contribution in [0.5, 0.6) is 0 Å². The van der Waals surface area contributed by atoms with Gasteiger partial charge in [0.15, 0.2) is 0 Å². The van der Waals surface area contributed by atoms with Crippen LogP contribution in [0.4, 0.5) is 4.39 Å². The molecule has 86 valence electrons. The van der Waals surface area contributed by atoms with E-state index in [1.54, 1.807) is 0 Å². The van der Waals surface area contributed by atoms with Crippen LogP contribution < -0.4 is 0 Å². The number of carboxylic acids is 1. The van der Waals surface area contributed by atoms with Gasteiger partial charge in [-0.3, -0.25) is 0 Å². The molecule has 0 fully saturated rings. The molecule has 2 N–H and O–H groups in total. The van der Waals surface area contributed by atoms with Crippen LogP contribution in [-0.2, 0) is 0 Å². The van der Waals surface area contributed by atoms with Crippen molar-refractivity contribution in [3.05, 3.63) is 46.7 Å². The Morgan fingerprint density at radius 3 is 2.82 bits per heavy atom. The number of H-pyrrole nitrogens is 1. The van der Waals surface area contributed by atoms with Gasteiger partial charge in [0.05, 0.1) is 11.9 Å². The minimum Gasteiger partial charge on any atom is -0.478 e. The summed E-state index contributed by atoms with van der Waals surface area (Å²) in [6.07, 6.45) is 2.86. The van der Waals surface area contributed by atoms with E-state index in [-0.39, 0.29) is 5.56 Å². The Balaban J connectivity index is 2.64. The third kappa shape index (κ3) is 2.36. The lowest BCUT2D eigenvalue weighted by atomic mass is 10.1. The third-order valence-electron chi connectivity index (χ3n) is 2.17. The number of nitrogens with zero attached hydrogens (tertiary/aromatic N) is 1. The zero-order valence-electron chi connectivity index (χ0n) is 8.48. The monoisotopic (exact) mass is 250 g/mol. The molecule has 2 aromatic rings. The van der Waals surface area contributed by atoms with E-state index in [0.717, 1.165) is 6.07 Å². The molecule has 0 unspecified atom stereocenters. The number of hydrogen-bond donors (Lipinski definition) is 2. The molecule has 0 spiro atoms. The minimum atomic E-state index is -1.19. The lowest BCUT2D eigenvalue weighted by Crippen LogP contribution is -1.98. The van der Waals surface area contributed by atoms with Crippen molar-refractivity contribution >= 4 is 18.2 Å². The van der Waals surface area contributed by atoms with Crippen molar-refractivity contribution in [2.24, 2.45) is 0 Å². The van der Waals surface area contributed by atoms with Crippen molar-refractivity contribution in [2.75, 3.05) is 0 Å². The van der Waals surface area contributed by atoms with Crippen molar-refractivity contribution in [3.63, 3.8) is 0 Å². The predicted octanol–water partition coefficient (Wildman–Crippen LogP) is 2.64. The number of carbonyl (C=O) groups is 1. The fourth-order valence-electron chi connectivity index (χ4n) is 1.42. The second-order valence-electron chi connectivity index (χ2n) is 3.33. The highest BCUT2D eigenvalue weighted by atomic mass is 32.1. The Hall–Kier alpha value is -2.08. The Bertz CT molecular complexity index is 639. The van der Waals surface area contributed by atoms with Gasteiger partial charge >= 0.3 is 5.97 Å². The standard InChI is InChI=1S/C11H7FN2O2S/c12-8-2-6(1-7(3-8)11(15)16)9-4-13-5-14-10(9)17/h1-5H,(H,15,16)(H,13,14,17). The smallest absolute Gasteiger partial charge is 0.335 e. The average Bonchev–Trinajstić information content (AvgIpc) is 2.28. The summed E-state index contributed by atoms with van der Waals surface area (Å²) in [5.41, 5.74) is 0.750. The van der Waals surface area contributed by atoms with E-state index in [4.69, 9.17) is 17.3 Å². The summed E-state index contributed by atoms with van der Waals surface area (Å²) in [5.74, 6) is -1.82. The molecular formula is C11H7FN2O2S. The summed E-state index contributed by atoms with van der Waals surface area (Å²) in [5, 5.41) is 8.83. The van der Waals surface area contributed by atoms with Crippen molar-refractivity contribution in [1.82, 2.24) is 9.97 Å². The van der Waals surface area contributed by atoms with Gasteiger partial charge in [0.25, 0.3) is 0 Å². The number of aromatic amines is 1. The van der Waals surface area contributed by atoms with Crippen LogP contribution in [0.15, 0.2) is 30.7 Å². The molecule has 0 aliphatic heterocycles. The first-order valence-corrected chi connectivity index (χ1v) is 5.05. The van der Waals surface area contributed by atoms with Gasteiger partial charge in [-0.05, 0) is 23.8 Å². The summed E-state index contributed by atoms with van der Waals surface area (Å²) in [6.45, 7) is 0. The molecule has 0 amide bonds. The minimum absolute atomic E-state index is 0.127. The topological polar surface area (TPSA) is 66.0 Å². The lowest BCUT2D eigenvalue weighted by Gasteiger charge is -2.03. The van der Waals surface area contributed by atoms with Gasteiger partial charge in [0.1, 0.15) is 10.5 Å². The fraction of sp³-hybridized carbons (Fsp3) is 0. The molecule has 0 bridgehead atoms. The number of halogens is 1. The number of benzene rings is 1. The number of aromatic carboxylic acids is 1. The highest BCUT2D eigenvalue weighted by molar-refractivity contribution is 7.71. The van der Waals surface area contributed by atoms with E-state index in [9.17, 15) is 9.18 Å². The Morgan fingerprint density at radius 2 is 2.18 bits per heavy atom. The maximum atomic E-state index is 13.3. The summed E-state index contributed by atoms with van der Waals surface area (Å²) >= 11 is 5.02. The first-order chi connectivity index (χ1) is 8.08. The van der Waals surface area contributed by atoms with Crippen molar-refractivity contribution in [3.8, 4) is 11.1 Å². The van der Waals surface area contributed by atoms with E-state index in [1.807, 2.05) is 0 Å². The Kier molecular flexibility index (Phi) is 2.97. The molecular weight excluding hydrogens is 243 g/mol. The molecule has 2 rings (SSSR count). The second kappa shape index (κ2) is 4.42. The highest BCUT2D eigenvalue weighted by Crippen LogP contribution is 2.21. The van der Waals surface area contributed by atoms with E-state index in [1.165, 1.54) is 24.7 Å². The molecule has 0 radical (unpaired) electrons. The Morgan fingerprint density at radius 1 is 1.41 bits per heavy atom. The van der Waals surface area contributed by atoms with Crippen molar-refractivity contribution in [1.29, 1.82) is 0 Å². The number of carboxylic acid groups (broad SMARTS) is 1. The number of hydrogen-bond acceptors (Lipinski definition) is 3. The van der Waals surface area contributed by atoms with Crippen LogP contribution in [0.3, 0.4) is 0 Å². The molecule has 4 nitrogen and oxygen atoms in total. The van der Waals surface area contributed by atoms with Crippen molar-refractivity contribution in [2.45, 2.75) is 0 Å². The van der Waals surface area contributed by atoms with Crippen LogP contribution in [0.25, 0.3) is 11.1 Å². The highest BCUT2D eigenvalue weighted by Gasteiger charge is 2.09. The first kappa shape index (κ1) is 11.4. The summed E-state index contributed by atoms with van der Waals surface area (Å²) < 4.78 is 13.7. The molecule has 0 saturated carbocycles. The quantitative estimate of drug-likeness (QED) is 0.804. The lowest BCUT2D eigenvalue weighted by molar-refractivity contribution is 0.0696. The van der Waals surface area contributed by atoms with Gasteiger partial charge in [-0.15, -0.1) is 0 Å². The molecule has 0 aliphatic carbocycles. The predicted molar refractivity (Wildman–Crippen MR) is 61.8 cm³/mol. The number of nitrogens with one attached hydrogen (secondary N) is 1. The van der Waals surface area contributed by atoms with Crippen LogP contribution >= 0.6 is 12.2 Å². The van der Waals surface area contributed by atoms with E-state index >= 15 is 0 Å². The van der Waals surface area contributed by atoms with Crippen LogP contribution in [-0.4, -0.2) is 21.0 Å².